The predicted octanol–water partition coefficient (Wildman–Crippen LogP) is 4.10. The summed E-state index contributed by atoms with van der Waals surface area (Å²) in [5.74, 6) is 0.767. The number of thiazole rings is 1. The van der Waals surface area contributed by atoms with Gasteiger partial charge in [-0.15, -0.1) is 11.3 Å². The summed E-state index contributed by atoms with van der Waals surface area (Å²) in [6.45, 7) is 4.52. The zero-order valence-corrected chi connectivity index (χ0v) is 16.3. The number of benzene rings is 1. The normalized spacial score (nSPS) is 11.8. The Bertz CT molecular complexity index is 863. The fourth-order valence-electron chi connectivity index (χ4n) is 2.64. The van der Waals surface area contributed by atoms with Crippen LogP contribution in [0.3, 0.4) is 0 Å². The Morgan fingerprint density at radius 2 is 2.07 bits per heavy atom. The molecule has 1 unspecified atom stereocenters. The van der Waals surface area contributed by atoms with E-state index < -0.39 is 0 Å². The Balaban J connectivity index is 1.50. The minimum absolute atomic E-state index is 0.0210. The van der Waals surface area contributed by atoms with Crippen LogP contribution in [0.5, 0.6) is 5.75 Å². The molecule has 0 saturated carbocycles. The van der Waals surface area contributed by atoms with Crippen LogP contribution in [0.25, 0.3) is 0 Å². The standard InChI is InChI=1S/C21H23N3O2S/c1-3-21-24-18(14-27-21)11-20(25)23-15(2)17-6-8-19(9-7-17)26-13-16-5-4-10-22-12-16/h4-10,12,14-15H,3,11,13H2,1-2H3,(H,23,25). The van der Waals surface area contributed by atoms with Gasteiger partial charge in [0.25, 0.3) is 0 Å². The molecule has 6 heteroatoms. The van der Waals surface area contributed by atoms with E-state index in [-0.39, 0.29) is 11.9 Å². The van der Waals surface area contributed by atoms with E-state index in [1.807, 2.05) is 48.7 Å². The van der Waals surface area contributed by atoms with Gasteiger partial charge in [-0.1, -0.05) is 25.1 Å². The molecule has 0 aliphatic carbocycles. The summed E-state index contributed by atoms with van der Waals surface area (Å²) in [6, 6.07) is 11.6. The van der Waals surface area contributed by atoms with Crippen molar-refractivity contribution < 1.29 is 9.53 Å². The van der Waals surface area contributed by atoms with Gasteiger partial charge in [-0.2, -0.15) is 0 Å². The van der Waals surface area contributed by atoms with Crippen molar-refractivity contribution in [3.8, 4) is 5.75 Å². The molecule has 0 aliphatic rings. The number of amides is 1. The van der Waals surface area contributed by atoms with Crippen molar-refractivity contribution in [2.45, 2.75) is 39.3 Å². The van der Waals surface area contributed by atoms with Crippen LogP contribution in [-0.4, -0.2) is 15.9 Å². The van der Waals surface area contributed by atoms with Gasteiger partial charge in [0, 0.05) is 23.3 Å². The Labute approximate surface area is 163 Å². The maximum atomic E-state index is 12.2. The molecule has 1 N–H and O–H groups in total. The Morgan fingerprint density at radius 3 is 2.74 bits per heavy atom. The van der Waals surface area contributed by atoms with Crippen molar-refractivity contribution in [3.05, 3.63) is 76.0 Å². The zero-order chi connectivity index (χ0) is 19.1. The maximum absolute atomic E-state index is 12.2. The predicted molar refractivity (Wildman–Crippen MR) is 107 cm³/mol. The minimum Gasteiger partial charge on any atom is -0.489 e. The quantitative estimate of drug-likeness (QED) is 0.638. The molecule has 0 spiro atoms. The average molecular weight is 382 g/mol. The molecule has 1 aromatic carbocycles. The number of aromatic nitrogens is 2. The molecule has 3 rings (SSSR count). The summed E-state index contributed by atoms with van der Waals surface area (Å²) >= 11 is 1.60. The van der Waals surface area contributed by atoms with Gasteiger partial charge in [-0.3, -0.25) is 9.78 Å². The fraction of sp³-hybridized carbons (Fsp3) is 0.286. The van der Waals surface area contributed by atoms with Gasteiger partial charge >= 0.3 is 0 Å². The van der Waals surface area contributed by atoms with Crippen molar-refractivity contribution in [2.75, 3.05) is 0 Å². The van der Waals surface area contributed by atoms with Crippen molar-refractivity contribution in [1.82, 2.24) is 15.3 Å². The minimum atomic E-state index is -0.0749. The smallest absolute Gasteiger partial charge is 0.226 e. The molecular formula is C21H23N3O2S. The van der Waals surface area contributed by atoms with E-state index in [4.69, 9.17) is 4.74 Å². The van der Waals surface area contributed by atoms with Gasteiger partial charge < -0.3 is 10.1 Å². The highest BCUT2D eigenvalue weighted by Gasteiger charge is 2.12. The van der Waals surface area contributed by atoms with E-state index in [9.17, 15) is 4.79 Å². The topological polar surface area (TPSA) is 64.1 Å². The molecule has 27 heavy (non-hydrogen) atoms. The van der Waals surface area contributed by atoms with Gasteiger partial charge in [-0.05, 0) is 37.1 Å². The second-order valence-corrected chi connectivity index (χ2v) is 7.21. The highest BCUT2D eigenvalue weighted by atomic mass is 32.1. The van der Waals surface area contributed by atoms with Crippen molar-refractivity contribution >= 4 is 17.2 Å². The van der Waals surface area contributed by atoms with E-state index in [2.05, 4.69) is 22.2 Å². The third-order valence-corrected chi connectivity index (χ3v) is 5.17. The molecule has 0 bridgehead atoms. The van der Waals surface area contributed by atoms with Gasteiger partial charge in [0.1, 0.15) is 12.4 Å². The number of aryl methyl sites for hydroxylation is 1. The number of pyridine rings is 1. The molecule has 0 saturated heterocycles. The number of nitrogens with one attached hydrogen (secondary N) is 1. The molecule has 140 valence electrons. The Kier molecular flexibility index (Phi) is 6.54. The molecule has 1 atom stereocenters. The second-order valence-electron chi connectivity index (χ2n) is 6.27. The van der Waals surface area contributed by atoms with E-state index in [0.29, 0.717) is 13.0 Å². The number of carbonyl (C=O) groups excluding carboxylic acids is 1. The molecule has 2 heterocycles. The monoisotopic (exact) mass is 381 g/mol. The fourth-order valence-corrected chi connectivity index (χ4v) is 3.38. The summed E-state index contributed by atoms with van der Waals surface area (Å²) in [6.07, 6.45) is 4.74. The lowest BCUT2D eigenvalue weighted by Crippen LogP contribution is -2.28. The first-order chi connectivity index (χ1) is 13.1. The van der Waals surface area contributed by atoms with Gasteiger partial charge in [0.2, 0.25) is 5.91 Å². The number of hydrogen-bond donors (Lipinski definition) is 1. The van der Waals surface area contributed by atoms with Crippen LogP contribution in [0.4, 0.5) is 0 Å². The lowest BCUT2D eigenvalue weighted by atomic mass is 10.1. The molecule has 0 aliphatic heterocycles. The van der Waals surface area contributed by atoms with Crippen LogP contribution in [0.1, 0.15) is 41.7 Å². The zero-order valence-electron chi connectivity index (χ0n) is 15.5. The van der Waals surface area contributed by atoms with Crippen molar-refractivity contribution in [2.24, 2.45) is 0 Å². The third-order valence-electron chi connectivity index (χ3n) is 4.13. The van der Waals surface area contributed by atoms with Gasteiger partial charge in [0.05, 0.1) is 23.2 Å². The second kappa shape index (κ2) is 9.28. The summed E-state index contributed by atoms with van der Waals surface area (Å²) < 4.78 is 5.77. The SMILES string of the molecule is CCc1nc(CC(=O)NC(C)c2ccc(OCc3cccnc3)cc2)cs1. The molecule has 5 nitrogen and oxygen atoms in total. The Hall–Kier alpha value is -2.73. The molecule has 0 fully saturated rings. The third kappa shape index (κ3) is 5.62. The van der Waals surface area contributed by atoms with Gasteiger partial charge in [-0.25, -0.2) is 4.98 Å². The number of hydrogen-bond acceptors (Lipinski definition) is 5. The number of nitrogens with zero attached hydrogens (tertiary/aromatic N) is 2. The van der Waals surface area contributed by atoms with Crippen molar-refractivity contribution in [3.63, 3.8) is 0 Å². The summed E-state index contributed by atoms with van der Waals surface area (Å²) in [4.78, 5) is 20.8. The molecule has 1 amide bonds. The van der Waals surface area contributed by atoms with E-state index in [1.165, 1.54) is 0 Å². The lowest BCUT2D eigenvalue weighted by molar-refractivity contribution is -0.121. The molecule has 0 radical (unpaired) electrons. The van der Waals surface area contributed by atoms with Crippen LogP contribution in [0.2, 0.25) is 0 Å². The number of rotatable bonds is 8. The first-order valence-electron chi connectivity index (χ1n) is 8.98. The van der Waals surface area contributed by atoms with Crippen LogP contribution in [0.15, 0.2) is 54.2 Å². The highest BCUT2D eigenvalue weighted by Crippen LogP contribution is 2.19. The highest BCUT2D eigenvalue weighted by molar-refractivity contribution is 7.09. The van der Waals surface area contributed by atoms with Crippen LogP contribution < -0.4 is 10.1 Å². The van der Waals surface area contributed by atoms with Gasteiger partial charge in [0.15, 0.2) is 0 Å². The molecular weight excluding hydrogens is 358 g/mol. The first kappa shape index (κ1) is 19.0. The van der Waals surface area contributed by atoms with Crippen molar-refractivity contribution in [1.29, 1.82) is 0 Å². The number of ether oxygens (including phenoxy) is 1. The molecule has 2 aromatic heterocycles. The summed E-state index contributed by atoms with van der Waals surface area (Å²) in [5, 5.41) is 6.04. The van der Waals surface area contributed by atoms with Crippen LogP contribution in [0, 0.1) is 0 Å². The van der Waals surface area contributed by atoms with E-state index in [1.54, 1.807) is 23.7 Å². The average Bonchev–Trinajstić information content (AvgIpc) is 3.15. The van der Waals surface area contributed by atoms with E-state index >= 15 is 0 Å². The first-order valence-corrected chi connectivity index (χ1v) is 9.86. The van der Waals surface area contributed by atoms with Crippen LogP contribution in [-0.2, 0) is 24.2 Å². The lowest BCUT2D eigenvalue weighted by Gasteiger charge is -2.15. The van der Waals surface area contributed by atoms with E-state index in [0.717, 1.165) is 34.0 Å². The largest absolute Gasteiger partial charge is 0.489 e. The maximum Gasteiger partial charge on any atom is 0.226 e. The Morgan fingerprint density at radius 1 is 1.26 bits per heavy atom. The van der Waals surface area contributed by atoms with Crippen LogP contribution >= 0.6 is 11.3 Å². The summed E-state index contributed by atoms with van der Waals surface area (Å²) in [7, 11) is 0. The number of carbonyl (C=O) groups is 1. The summed E-state index contributed by atoms with van der Waals surface area (Å²) in [5.41, 5.74) is 2.89. The molecule has 3 aromatic rings.